The highest BCUT2D eigenvalue weighted by Gasteiger charge is 2.25. The molecule has 2 aromatic carbocycles. The van der Waals surface area contributed by atoms with Crippen LogP contribution in [-0.2, 0) is 13.6 Å². The number of nitro benzene ring substituents is 1. The van der Waals surface area contributed by atoms with Crippen molar-refractivity contribution in [2.45, 2.75) is 26.5 Å². The molecule has 0 radical (unpaired) electrons. The van der Waals surface area contributed by atoms with Gasteiger partial charge in [0.2, 0.25) is 5.78 Å². The second kappa shape index (κ2) is 10.1. The number of anilines is 1. The lowest BCUT2D eigenvalue weighted by atomic mass is 10.1. The minimum absolute atomic E-state index is 0.161. The maximum absolute atomic E-state index is 12.8. The van der Waals surface area contributed by atoms with E-state index in [0.29, 0.717) is 18.0 Å². The minimum Gasteiger partial charge on any atom is -0.494 e. The molecule has 168 valence electrons. The number of ether oxygens (including phenoxy) is 1. The fraction of sp³-hybridized carbons (Fsp3) is 0.304. The topological polar surface area (TPSA) is 111 Å². The van der Waals surface area contributed by atoms with Crippen LogP contribution in [0, 0.1) is 10.1 Å². The fourth-order valence-corrected chi connectivity index (χ4v) is 3.50. The van der Waals surface area contributed by atoms with E-state index in [-0.39, 0.29) is 30.2 Å². The molecule has 0 spiro atoms. The summed E-state index contributed by atoms with van der Waals surface area (Å²) in [5, 5.41) is 22.0. The van der Waals surface area contributed by atoms with E-state index in [1.165, 1.54) is 12.3 Å². The van der Waals surface area contributed by atoms with E-state index in [1.807, 2.05) is 31.2 Å². The highest BCUT2D eigenvalue weighted by Crippen LogP contribution is 2.32. The Kier molecular flexibility index (Phi) is 7.21. The molecule has 1 heterocycles. The number of carbonyl (C=O) groups excluding carboxylic acids is 1. The van der Waals surface area contributed by atoms with Crippen molar-refractivity contribution in [1.82, 2.24) is 9.55 Å². The summed E-state index contributed by atoms with van der Waals surface area (Å²) < 4.78 is 7.24. The zero-order chi connectivity index (χ0) is 23.3. The largest absolute Gasteiger partial charge is 0.494 e. The lowest BCUT2D eigenvalue weighted by molar-refractivity contribution is -0.384. The Labute approximate surface area is 186 Å². The van der Waals surface area contributed by atoms with Crippen LogP contribution >= 0.6 is 0 Å². The fourth-order valence-electron chi connectivity index (χ4n) is 3.50. The van der Waals surface area contributed by atoms with Gasteiger partial charge in [-0.2, -0.15) is 0 Å². The summed E-state index contributed by atoms with van der Waals surface area (Å²) in [7, 11) is 1.68. The van der Waals surface area contributed by atoms with E-state index in [0.717, 1.165) is 5.56 Å². The van der Waals surface area contributed by atoms with Crippen molar-refractivity contribution < 1.29 is 19.6 Å². The number of aliphatic hydroxyl groups is 1. The Morgan fingerprint density at radius 1 is 1.31 bits per heavy atom. The molecule has 0 fully saturated rings. The Morgan fingerprint density at radius 2 is 2.06 bits per heavy atom. The standard InChI is InChI=1S/C23H26N4O5/c1-4-32-21-8-6-5-7-18(21)15-26(14-16(2)28)19-10-9-17(13-20(19)27(30)31)22(29)23-24-11-12-25(23)3/h5-13,16,28H,4,14-15H2,1-3H3/t16-/m1/s1. The van der Waals surface area contributed by atoms with Crippen LogP contribution < -0.4 is 9.64 Å². The molecular weight excluding hydrogens is 412 g/mol. The molecule has 1 aromatic heterocycles. The number of aryl methyl sites for hydroxylation is 1. The molecule has 9 heteroatoms. The molecule has 0 amide bonds. The van der Waals surface area contributed by atoms with E-state index in [9.17, 15) is 20.0 Å². The molecule has 0 bridgehead atoms. The van der Waals surface area contributed by atoms with Gasteiger partial charge in [0.05, 0.1) is 17.6 Å². The van der Waals surface area contributed by atoms with Crippen LogP contribution in [0.1, 0.15) is 35.6 Å². The van der Waals surface area contributed by atoms with E-state index in [1.54, 1.807) is 41.8 Å². The van der Waals surface area contributed by atoms with Crippen LogP contribution in [0.25, 0.3) is 0 Å². The third-order valence-corrected chi connectivity index (χ3v) is 4.92. The first kappa shape index (κ1) is 23.0. The first-order valence-electron chi connectivity index (χ1n) is 10.3. The molecule has 3 rings (SSSR count). The number of nitro groups is 1. The van der Waals surface area contributed by atoms with E-state index < -0.39 is 16.8 Å². The molecule has 0 saturated heterocycles. The van der Waals surface area contributed by atoms with Crippen LogP contribution in [0.3, 0.4) is 0 Å². The van der Waals surface area contributed by atoms with Gasteiger partial charge >= 0.3 is 0 Å². The molecule has 32 heavy (non-hydrogen) atoms. The SMILES string of the molecule is CCOc1ccccc1CN(C[C@@H](C)O)c1ccc(C(=O)c2nccn2C)cc1[N+](=O)[O-]. The number of ketones is 1. The van der Waals surface area contributed by atoms with Crippen molar-refractivity contribution >= 4 is 17.2 Å². The summed E-state index contributed by atoms with van der Waals surface area (Å²) >= 11 is 0. The molecule has 9 nitrogen and oxygen atoms in total. The van der Waals surface area contributed by atoms with Gasteiger partial charge in [0.15, 0.2) is 5.82 Å². The van der Waals surface area contributed by atoms with Crippen LogP contribution in [0.5, 0.6) is 5.75 Å². The molecule has 3 aromatic rings. The summed E-state index contributed by atoms with van der Waals surface area (Å²) in [4.78, 5) is 29.9. The molecule has 0 saturated carbocycles. The van der Waals surface area contributed by atoms with Crippen molar-refractivity contribution in [1.29, 1.82) is 0 Å². The predicted octanol–water partition coefficient (Wildman–Crippen LogP) is 3.35. The monoisotopic (exact) mass is 438 g/mol. The molecule has 0 unspecified atom stereocenters. The number of aromatic nitrogens is 2. The van der Waals surface area contributed by atoms with Crippen LogP contribution in [-0.4, -0.2) is 44.6 Å². The summed E-state index contributed by atoms with van der Waals surface area (Å²) in [5.74, 6) is 0.462. The Morgan fingerprint density at radius 3 is 2.69 bits per heavy atom. The molecule has 1 N–H and O–H groups in total. The van der Waals surface area contributed by atoms with Gasteiger partial charge in [-0.05, 0) is 32.0 Å². The highest BCUT2D eigenvalue weighted by molar-refractivity contribution is 6.07. The van der Waals surface area contributed by atoms with E-state index in [2.05, 4.69) is 4.98 Å². The predicted molar refractivity (Wildman–Crippen MR) is 120 cm³/mol. The number of carbonyl (C=O) groups is 1. The normalized spacial score (nSPS) is 11.8. The van der Waals surface area contributed by atoms with Crippen molar-refractivity contribution in [2.24, 2.45) is 7.05 Å². The number of imidazole rings is 1. The van der Waals surface area contributed by atoms with Gasteiger partial charge in [0, 0.05) is 49.7 Å². The van der Waals surface area contributed by atoms with Crippen molar-refractivity contribution in [3.63, 3.8) is 0 Å². The van der Waals surface area contributed by atoms with Crippen LogP contribution in [0.15, 0.2) is 54.9 Å². The third-order valence-electron chi connectivity index (χ3n) is 4.92. The Bertz CT molecular complexity index is 1110. The average molecular weight is 438 g/mol. The van der Waals surface area contributed by atoms with Gasteiger partial charge < -0.3 is 19.3 Å². The maximum atomic E-state index is 12.8. The van der Waals surface area contributed by atoms with E-state index in [4.69, 9.17) is 4.74 Å². The zero-order valence-electron chi connectivity index (χ0n) is 18.3. The van der Waals surface area contributed by atoms with Gasteiger partial charge in [0.25, 0.3) is 5.69 Å². The highest BCUT2D eigenvalue weighted by atomic mass is 16.6. The van der Waals surface area contributed by atoms with Crippen molar-refractivity contribution in [3.8, 4) is 5.75 Å². The number of aliphatic hydroxyl groups excluding tert-OH is 1. The van der Waals surface area contributed by atoms with Crippen molar-refractivity contribution in [2.75, 3.05) is 18.1 Å². The Hall–Kier alpha value is -3.72. The quantitative estimate of drug-likeness (QED) is 0.294. The molecule has 1 atom stereocenters. The van der Waals surface area contributed by atoms with Gasteiger partial charge in [-0.3, -0.25) is 14.9 Å². The van der Waals surface area contributed by atoms with Gasteiger partial charge in [-0.25, -0.2) is 4.98 Å². The molecule has 0 aliphatic carbocycles. The summed E-state index contributed by atoms with van der Waals surface area (Å²) in [5.41, 5.74) is 1.08. The minimum atomic E-state index is -0.734. The average Bonchev–Trinajstić information content (AvgIpc) is 3.19. The van der Waals surface area contributed by atoms with Crippen LogP contribution in [0.2, 0.25) is 0 Å². The zero-order valence-corrected chi connectivity index (χ0v) is 18.3. The van der Waals surface area contributed by atoms with E-state index >= 15 is 0 Å². The summed E-state index contributed by atoms with van der Waals surface area (Å²) in [6.07, 6.45) is 2.40. The maximum Gasteiger partial charge on any atom is 0.293 e. The summed E-state index contributed by atoms with van der Waals surface area (Å²) in [6, 6.07) is 11.8. The number of para-hydroxylation sites is 1. The van der Waals surface area contributed by atoms with Gasteiger partial charge in [-0.15, -0.1) is 0 Å². The summed E-state index contributed by atoms with van der Waals surface area (Å²) in [6.45, 7) is 4.43. The number of benzene rings is 2. The number of rotatable bonds is 10. The second-order valence-electron chi connectivity index (χ2n) is 7.42. The smallest absolute Gasteiger partial charge is 0.293 e. The van der Waals surface area contributed by atoms with Crippen molar-refractivity contribution in [3.05, 3.63) is 81.9 Å². The van der Waals surface area contributed by atoms with Gasteiger partial charge in [-0.1, -0.05) is 18.2 Å². The molecular formula is C23H26N4O5. The number of hydrogen-bond acceptors (Lipinski definition) is 7. The van der Waals surface area contributed by atoms with Crippen LogP contribution in [0.4, 0.5) is 11.4 Å². The molecule has 0 aliphatic rings. The lowest BCUT2D eigenvalue weighted by Gasteiger charge is -2.27. The second-order valence-corrected chi connectivity index (χ2v) is 7.42. The first-order valence-corrected chi connectivity index (χ1v) is 10.3. The number of hydrogen-bond donors (Lipinski definition) is 1. The van der Waals surface area contributed by atoms with Gasteiger partial charge in [0.1, 0.15) is 11.4 Å². The number of nitrogens with zero attached hydrogens (tertiary/aromatic N) is 4. The first-order chi connectivity index (χ1) is 15.3. The molecule has 0 aliphatic heterocycles. The third kappa shape index (κ3) is 5.12. The lowest BCUT2D eigenvalue weighted by Crippen LogP contribution is -2.31. The Balaban J connectivity index is 2.02.